The molecule has 1 fully saturated rings. The van der Waals surface area contributed by atoms with Crippen molar-refractivity contribution in [3.63, 3.8) is 0 Å². The molecule has 1 aliphatic rings. The van der Waals surface area contributed by atoms with E-state index in [0.29, 0.717) is 31.3 Å². The lowest BCUT2D eigenvalue weighted by atomic mass is 9.97. The van der Waals surface area contributed by atoms with Gasteiger partial charge in [0.1, 0.15) is 0 Å². The van der Waals surface area contributed by atoms with E-state index in [2.05, 4.69) is 36.3 Å². The van der Waals surface area contributed by atoms with E-state index in [1.165, 1.54) is 0 Å². The van der Waals surface area contributed by atoms with Gasteiger partial charge in [-0.25, -0.2) is 0 Å². The van der Waals surface area contributed by atoms with Gasteiger partial charge in [-0.1, -0.05) is 63.0 Å². The van der Waals surface area contributed by atoms with Gasteiger partial charge < -0.3 is 9.84 Å². The molecular formula is C24H26BrClN4O2. The third-order valence-corrected chi connectivity index (χ3v) is 6.53. The number of halogens is 2. The van der Waals surface area contributed by atoms with Crippen molar-refractivity contribution in [2.24, 2.45) is 5.92 Å². The molecular weight excluding hydrogens is 492 g/mol. The van der Waals surface area contributed by atoms with Gasteiger partial charge in [0.05, 0.1) is 12.5 Å². The molecule has 168 valence electrons. The Bertz CT molecular complexity index is 1060. The smallest absolute Gasteiger partial charge is 0.241 e. The molecule has 2 aromatic carbocycles. The van der Waals surface area contributed by atoms with Gasteiger partial charge in [-0.3, -0.25) is 9.69 Å². The van der Waals surface area contributed by atoms with Crippen molar-refractivity contribution in [2.45, 2.75) is 32.2 Å². The van der Waals surface area contributed by atoms with E-state index in [9.17, 15) is 4.79 Å². The second-order valence-corrected chi connectivity index (χ2v) is 9.41. The Morgan fingerprint density at radius 3 is 2.97 bits per heavy atom. The largest absolute Gasteiger partial charge is 0.356 e. The van der Waals surface area contributed by atoms with Gasteiger partial charge in [-0.15, -0.1) is 0 Å². The average molecular weight is 518 g/mol. The maximum atomic E-state index is 12.7. The molecule has 8 heteroatoms. The van der Waals surface area contributed by atoms with Gasteiger partial charge in [0.15, 0.2) is 0 Å². The summed E-state index contributed by atoms with van der Waals surface area (Å²) in [6, 6.07) is 15.7. The van der Waals surface area contributed by atoms with Crippen LogP contribution in [0.3, 0.4) is 0 Å². The monoisotopic (exact) mass is 516 g/mol. The van der Waals surface area contributed by atoms with Crippen LogP contribution in [0.4, 0.5) is 0 Å². The minimum atomic E-state index is -0.0171. The molecule has 3 aromatic rings. The fraction of sp³-hybridized carbons (Fsp3) is 0.375. The maximum Gasteiger partial charge on any atom is 0.241 e. The van der Waals surface area contributed by atoms with Crippen molar-refractivity contribution in [1.29, 1.82) is 0 Å². The standard InChI is InChI=1S/C24H26BrClN4O2/c25-20-10-3-7-18(14-20)23-28-22(32-29-23)16-30-13-5-9-19(15-30)24(31)27-12-4-8-17-6-1-2-11-21(17)26/h1-3,6-7,10-11,14,19H,4-5,8-9,12-13,15-16H2,(H,27,31). The number of hydrogen-bond acceptors (Lipinski definition) is 5. The summed E-state index contributed by atoms with van der Waals surface area (Å²) in [7, 11) is 0. The SMILES string of the molecule is O=C(NCCCc1ccccc1Cl)C1CCCN(Cc2nc(-c3cccc(Br)c3)no2)C1. The Labute approximate surface area is 201 Å². The highest BCUT2D eigenvalue weighted by Crippen LogP contribution is 2.22. The van der Waals surface area contributed by atoms with Gasteiger partial charge in [-0.2, -0.15) is 4.98 Å². The van der Waals surface area contributed by atoms with Crippen LogP contribution >= 0.6 is 27.5 Å². The average Bonchev–Trinajstić information content (AvgIpc) is 3.26. The van der Waals surface area contributed by atoms with Crippen LogP contribution < -0.4 is 5.32 Å². The molecule has 1 saturated heterocycles. The number of likely N-dealkylation sites (tertiary alicyclic amines) is 1. The van der Waals surface area contributed by atoms with Crippen molar-refractivity contribution in [2.75, 3.05) is 19.6 Å². The molecule has 0 radical (unpaired) electrons. The lowest BCUT2D eigenvalue weighted by Gasteiger charge is -2.30. The number of benzene rings is 2. The van der Waals surface area contributed by atoms with E-state index in [4.69, 9.17) is 16.1 Å². The van der Waals surface area contributed by atoms with Gasteiger partial charge in [0.25, 0.3) is 0 Å². The predicted molar refractivity (Wildman–Crippen MR) is 128 cm³/mol. The number of aryl methyl sites for hydroxylation is 1. The molecule has 1 atom stereocenters. The highest BCUT2D eigenvalue weighted by molar-refractivity contribution is 9.10. The van der Waals surface area contributed by atoms with Crippen LogP contribution in [0.15, 0.2) is 57.5 Å². The zero-order valence-corrected chi connectivity index (χ0v) is 20.1. The summed E-state index contributed by atoms with van der Waals surface area (Å²) in [5.74, 6) is 1.25. The summed E-state index contributed by atoms with van der Waals surface area (Å²) in [4.78, 5) is 19.4. The van der Waals surface area contributed by atoms with E-state index in [-0.39, 0.29) is 11.8 Å². The molecule has 1 amide bonds. The Hall–Kier alpha value is -2.22. The molecule has 6 nitrogen and oxygen atoms in total. The van der Waals surface area contributed by atoms with Gasteiger partial charge in [0, 0.05) is 28.1 Å². The van der Waals surface area contributed by atoms with Crippen LogP contribution in [0, 0.1) is 5.92 Å². The highest BCUT2D eigenvalue weighted by atomic mass is 79.9. The summed E-state index contributed by atoms with van der Waals surface area (Å²) in [5.41, 5.74) is 2.02. The molecule has 1 N–H and O–H groups in total. The van der Waals surface area contributed by atoms with E-state index >= 15 is 0 Å². The first-order valence-electron chi connectivity index (χ1n) is 10.9. The predicted octanol–water partition coefficient (Wildman–Crippen LogP) is 5.11. The summed E-state index contributed by atoms with van der Waals surface area (Å²) in [5, 5.41) is 7.98. The van der Waals surface area contributed by atoms with Crippen molar-refractivity contribution < 1.29 is 9.32 Å². The van der Waals surface area contributed by atoms with E-state index < -0.39 is 0 Å². The van der Waals surface area contributed by atoms with E-state index in [1.807, 2.05) is 48.5 Å². The fourth-order valence-electron chi connectivity index (χ4n) is 4.00. The van der Waals surface area contributed by atoms with Crippen LogP contribution in [0.25, 0.3) is 11.4 Å². The Morgan fingerprint density at radius 2 is 2.12 bits per heavy atom. The number of piperidine rings is 1. The van der Waals surface area contributed by atoms with Gasteiger partial charge >= 0.3 is 0 Å². The molecule has 4 rings (SSSR count). The lowest BCUT2D eigenvalue weighted by Crippen LogP contribution is -2.43. The zero-order valence-electron chi connectivity index (χ0n) is 17.8. The highest BCUT2D eigenvalue weighted by Gasteiger charge is 2.26. The lowest BCUT2D eigenvalue weighted by molar-refractivity contribution is -0.126. The van der Waals surface area contributed by atoms with Crippen LogP contribution in [-0.2, 0) is 17.8 Å². The molecule has 1 aliphatic heterocycles. The number of aromatic nitrogens is 2. The molecule has 0 bridgehead atoms. The second kappa shape index (κ2) is 11.1. The quantitative estimate of drug-likeness (QED) is 0.420. The number of nitrogens with zero attached hydrogens (tertiary/aromatic N) is 3. The van der Waals surface area contributed by atoms with Crippen LogP contribution in [0.2, 0.25) is 5.02 Å². The van der Waals surface area contributed by atoms with Gasteiger partial charge in [-0.05, 0) is 56.0 Å². The second-order valence-electron chi connectivity index (χ2n) is 8.08. The van der Waals surface area contributed by atoms with Crippen LogP contribution in [0.5, 0.6) is 0 Å². The van der Waals surface area contributed by atoms with Crippen molar-refractivity contribution >= 4 is 33.4 Å². The minimum absolute atomic E-state index is 0.0171. The molecule has 0 saturated carbocycles. The number of carbonyl (C=O) groups excluding carboxylic acids is 1. The Morgan fingerprint density at radius 1 is 1.25 bits per heavy atom. The summed E-state index contributed by atoms with van der Waals surface area (Å²) in [6.07, 6.45) is 3.60. The van der Waals surface area contributed by atoms with Crippen molar-refractivity contribution in [3.05, 3.63) is 69.5 Å². The first kappa shape index (κ1) is 23.0. The van der Waals surface area contributed by atoms with Crippen molar-refractivity contribution in [1.82, 2.24) is 20.4 Å². The van der Waals surface area contributed by atoms with E-state index in [0.717, 1.165) is 52.9 Å². The molecule has 1 aromatic heterocycles. The minimum Gasteiger partial charge on any atom is -0.356 e. The summed E-state index contributed by atoms with van der Waals surface area (Å²) < 4.78 is 6.43. The summed E-state index contributed by atoms with van der Waals surface area (Å²) >= 11 is 9.67. The number of amides is 1. The number of rotatable bonds is 8. The van der Waals surface area contributed by atoms with Gasteiger partial charge in [0.2, 0.25) is 17.6 Å². The number of carbonyl (C=O) groups is 1. The zero-order chi connectivity index (χ0) is 22.3. The topological polar surface area (TPSA) is 71.3 Å². The third kappa shape index (κ3) is 6.18. The molecule has 32 heavy (non-hydrogen) atoms. The first-order valence-corrected chi connectivity index (χ1v) is 12.1. The third-order valence-electron chi connectivity index (χ3n) is 5.67. The molecule has 2 heterocycles. The van der Waals surface area contributed by atoms with E-state index in [1.54, 1.807) is 0 Å². The normalized spacial score (nSPS) is 16.8. The first-order chi connectivity index (χ1) is 15.6. The van der Waals surface area contributed by atoms with Crippen LogP contribution in [-0.4, -0.2) is 40.6 Å². The Balaban J connectivity index is 1.24. The van der Waals surface area contributed by atoms with Crippen molar-refractivity contribution in [3.8, 4) is 11.4 Å². The Kier molecular flexibility index (Phi) is 7.95. The summed E-state index contributed by atoms with van der Waals surface area (Å²) in [6.45, 7) is 2.83. The number of nitrogens with one attached hydrogen (secondary N) is 1. The number of hydrogen-bond donors (Lipinski definition) is 1. The van der Waals surface area contributed by atoms with Crippen LogP contribution in [0.1, 0.15) is 30.7 Å². The molecule has 0 spiro atoms. The fourth-order valence-corrected chi connectivity index (χ4v) is 4.63. The maximum absolute atomic E-state index is 12.7. The molecule has 1 unspecified atom stereocenters. The molecule has 0 aliphatic carbocycles.